The Labute approximate surface area is 495 Å². The van der Waals surface area contributed by atoms with Gasteiger partial charge in [0, 0.05) is 21.9 Å². The molecule has 0 aliphatic rings. The number of fused-ring (bicyclic) bond motifs is 4. The smallest absolute Gasteiger partial charge is 0.348 e. The second kappa shape index (κ2) is 35.3. The first-order chi connectivity index (χ1) is 39.9. The molecule has 0 saturated heterocycles. The summed E-state index contributed by atoms with van der Waals surface area (Å²) in [6, 6.07) is 32.0. The summed E-state index contributed by atoms with van der Waals surface area (Å²) in [5.41, 5.74) is 0.559. The second-order valence-electron chi connectivity index (χ2n) is 15.7. The number of carbonyl (C=O) groups excluding carboxylic acids is 6. The lowest BCUT2D eigenvalue weighted by atomic mass is 10.2. The number of aromatic carboxylic acids is 1. The van der Waals surface area contributed by atoms with E-state index in [1.807, 2.05) is 17.5 Å². The lowest BCUT2D eigenvalue weighted by Crippen LogP contribution is -2.07. The maximum Gasteiger partial charge on any atom is 0.348 e. The highest BCUT2D eigenvalue weighted by Gasteiger charge is 2.15. The van der Waals surface area contributed by atoms with Gasteiger partial charge >= 0.3 is 23.9 Å². The van der Waals surface area contributed by atoms with Crippen molar-refractivity contribution in [2.75, 3.05) is 31.3 Å². The Hall–Kier alpha value is -7.74. The molecule has 6 aromatic carbocycles. The van der Waals surface area contributed by atoms with E-state index in [1.165, 1.54) is 83.3 Å². The molecule has 0 aliphatic carbocycles. The molecule has 0 saturated carbocycles. The molecule has 10 rings (SSSR count). The standard InChI is InChI=1S/C11H11FO3S.C11H9FO2S.C9H5FO2S.C9H5FOS.C8H5FS.C7H4F2O.C4H8O2S/c1-2-15-10(14)7-16-11-8(6-13)4-3-5-9(11)12;1-2-14-11(13)9-6-7-4-3-5-8(12)10(7)15-9;10-6-3-1-2-5-4-7(9(11)12)13-8(5)6;10-8-3-1-2-7-6(4-11)5-12-9(7)8;9-7-3-1-2-6-4-5-10-8(6)7;8-6-3-1-2-5(4-10)7(6)9;1-2-6-4(5)3-7/h3-6H,2,7H2,1H3;3-6H,2H2,1H3;1-4H,(H,11,12);1-5H;1-5H;1-4H;7H,2-3H2,1H3. The van der Waals surface area contributed by atoms with Gasteiger partial charge in [0.15, 0.2) is 30.5 Å². The van der Waals surface area contributed by atoms with E-state index in [0.29, 0.717) is 54.8 Å². The van der Waals surface area contributed by atoms with E-state index in [4.69, 9.17) is 14.6 Å². The van der Waals surface area contributed by atoms with Crippen molar-refractivity contribution in [2.24, 2.45) is 0 Å². The van der Waals surface area contributed by atoms with Crippen LogP contribution in [0.2, 0.25) is 0 Å². The Morgan fingerprint density at radius 3 is 1.49 bits per heavy atom. The molecule has 0 atom stereocenters. The first-order valence-electron chi connectivity index (χ1n) is 24.0. The third kappa shape index (κ3) is 20.6. The molecular formula is C59H47F7O11S6. The van der Waals surface area contributed by atoms with Crippen molar-refractivity contribution in [2.45, 2.75) is 25.7 Å². The number of ether oxygens (including phenoxy) is 3. The van der Waals surface area contributed by atoms with Gasteiger partial charge in [-0.1, -0.05) is 66.7 Å². The molecule has 83 heavy (non-hydrogen) atoms. The topological polar surface area (TPSA) is 167 Å². The monoisotopic (exact) mass is 1260 g/mol. The average Bonchev–Trinajstić information content (AvgIpc) is 4.48. The summed E-state index contributed by atoms with van der Waals surface area (Å²) in [4.78, 5) is 75.0. The molecule has 434 valence electrons. The first kappa shape index (κ1) is 67.8. The average molecular weight is 1260 g/mol. The third-order valence-electron chi connectivity index (χ3n) is 10.1. The number of hydrogen-bond acceptors (Lipinski definition) is 16. The lowest BCUT2D eigenvalue weighted by molar-refractivity contribution is -0.140. The summed E-state index contributed by atoms with van der Waals surface area (Å²) >= 11 is 9.42. The van der Waals surface area contributed by atoms with Gasteiger partial charge in [0.2, 0.25) is 0 Å². The van der Waals surface area contributed by atoms with Crippen LogP contribution in [0.15, 0.2) is 143 Å². The van der Waals surface area contributed by atoms with Crippen LogP contribution in [-0.2, 0) is 23.8 Å². The van der Waals surface area contributed by atoms with Gasteiger partial charge in [-0.2, -0.15) is 12.6 Å². The van der Waals surface area contributed by atoms with Crippen molar-refractivity contribution >= 4 is 153 Å². The fraction of sp³-hybridized carbons (Fsp3) is 0.136. The van der Waals surface area contributed by atoms with Gasteiger partial charge in [-0.25, -0.2) is 40.3 Å². The number of hydrogen-bond donors (Lipinski definition) is 2. The minimum Gasteiger partial charge on any atom is -0.477 e. The molecule has 24 heteroatoms. The largest absolute Gasteiger partial charge is 0.477 e. The molecular weight excluding hydrogens is 1210 g/mol. The third-order valence-corrected chi connectivity index (χ3v) is 15.7. The van der Waals surface area contributed by atoms with Crippen molar-refractivity contribution in [3.05, 3.63) is 205 Å². The molecule has 0 bridgehead atoms. The van der Waals surface area contributed by atoms with Gasteiger partial charge in [0.05, 0.1) is 60.6 Å². The number of esters is 3. The van der Waals surface area contributed by atoms with Crippen molar-refractivity contribution in [1.82, 2.24) is 0 Å². The Balaban J connectivity index is 0.000000210. The SMILES string of the molecule is CCOC(=O)CS.CCOC(=O)CSc1c(F)cccc1C=O.CCOC(=O)c1cc2cccc(F)c2s1.Fc1cccc2ccsc12.O=C(O)c1cc2cccc(F)c2s1.O=Cc1cccc(F)c1F.O=Cc1csc2c(F)cccc12. The zero-order valence-electron chi connectivity index (χ0n) is 43.7. The molecule has 0 aliphatic heterocycles. The molecule has 4 aromatic heterocycles. The molecule has 0 radical (unpaired) electrons. The quantitative estimate of drug-likeness (QED) is 0.0297. The van der Waals surface area contributed by atoms with Crippen LogP contribution >= 0.6 is 69.7 Å². The van der Waals surface area contributed by atoms with Crippen molar-refractivity contribution < 1.29 is 83.6 Å². The molecule has 0 unspecified atom stereocenters. The fourth-order valence-electron chi connectivity index (χ4n) is 6.48. The number of thioether (sulfide) groups is 1. The van der Waals surface area contributed by atoms with E-state index in [1.54, 1.807) is 74.7 Å². The summed E-state index contributed by atoms with van der Waals surface area (Å²) < 4.78 is 106. The van der Waals surface area contributed by atoms with Gasteiger partial charge in [0.25, 0.3) is 0 Å². The summed E-state index contributed by atoms with van der Waals surface area (Å²) in [6.45, 7) is 6.27. The molecule has 0 amide bonds. The van der Waals surface area contributed by atoms with E-state index < -0.39 is 35.4 Å². The predicted octanol–water partition coefficient (Wildman–Crippen LogP) is 16.4. The second-order valence-corrected chi connectivity index (χ2v) is 20.9. The lowest BCUT2D eigenvalue weighted by Gasteiger charge is -2.05. The fourth-order valence-corrected chi connectivity index (χ4v) is 11.0. The maximum absolute atomic E-state index is 13.3. The number of halogens is 7. The van der Waals surface area contributed by atoms with Crippen LogP contribution in [0.25, 0.3) is 40.3 Å². The molecule has 0 spiro atoms. The highest BCUT2D eigenvalue weighted by Crippen LogP contribution is 2.31. The minimum absolute atomic E-state index is 0.00435. The molecule has 0 fully saturated rings. The number of thiophene rings is 4. The van der Waals surface area contributed by atoms with Gasteiger partial charge in [-0.15, -0.1) is 57.1 Å². The van der Waals surface area contributed by atoms with Crippen LogP contribution in [0.3, 0.4) is 0 Å². The number of benzene rings is 6. The predicted molar refractivity (Wildman–Crippen MR) is 317 cm³/mol. The van der Waals surface area contributed by atoms with Crippen LogP contribution in [0, 0.1) is 40.7 Å². The van der Waals surface area contributed by atoms with E-state index >= 15 is 0 Å². The van der Waals surface area contributed by atoms with Gasteiger partial charge in [0.1, 0.15) is 38.8 Å². The highest BCUT2D eigenvalue weighted by atomic mass is 32.2. The number of thiol groups is 1. The molecule has 4 heterocycles. The van der Waals surface area contributed by atoms with Crippen LogP contribution in [-0.4, -0.2) is 79.2 Å². The van der Waals surface area contributed by atoms with E-state index in [2.05, 4.69) is 17.4 Å². The summed E-state index contributed by atoms with van der Waals surface area (Å²) in [7, 11) is 0. The van der Waals surface area contributed by atoms with E-state index in [9.17, 15) is 64.3 Å². The number of carboxylic acids is 1. The summed E-state index contributed by atoms with van der Waals surface area (Å²) in [5, 5.41) is 15.3. The Morgan fingerprint density at radius 1 is 0.518 bits per heavy atom. The number of carboxylic acid groups (broad SMARTS) is 1. The van der Waals surface area contributed by atoms with Crippen molar-refractivity contribution in [1.29, 1.82) is 0 Å². The number of carbonyl (C=O) groups is 7. The van der Waals surface area contributed by atoms with Crippen LogP contribution < -0.4 is 0 Å². The van der Waals surface area contributed by atoms with Crippen LogP contribution in [0.5, 0.6) is 0 Å². The van der Waals surface area contributed by atoms with Crippen LogP contribution in [0.4, 0.5) is 30.7 Å². The first-order valence-corrected chi connectivity index (χ1v) is 29.0. The van der Waals surface area contributed by atoms with Gasteiger partial charge in [-0.05, 0) is 103 Å². The van der Waals surface area contributed by atoms with Crippen molar-refractivity contribution in [3.8, 4) is 0 Å². The summed E-state index contributed by atoms with van der Waals surface area (Å²) in [6.07, 6.45) is 1.59. The normalized spacial score (nSPS) is 10.1. The zero-order valence-corrected chi connectivity index (χ0v) is 48.7. The minimum atomic E-state index is -1.09. The molecule has 11 nitrogen and oxygen atoms in total. The van der Waals surface area contributed by atoms with E-state index in [-0.39, 0.29) is 74.5 Å². The van der Waals surface area contributed by atoms with Gasteiger partial charge in [-0.3, -0.25) is 24.0 Å². The Kier molecular flexibility index (Phi) is 28.8. The zero-order chi connectivity index (χ0) is 61.0. The Bertz CT molecular complexity index is 3800. The number of aldehydes is 3. The van der Waals surface area contributed by atoms with E-state index in [0.717, 1.165) is 62.3 Å². The Morgan fingerprint density at radius 2 is 0.988 bits per heavy atom. The highest BCUT2D eigenvalue weighted by molar-refractivity contribution is 8.00. The molecule has 10 aromatic rings. The van der Waals surface area contributed by atoms with Crippen molar-refractivity contribution in [3.63, 3.8) is 0 Å². The number of rotatable bonds is 12. The van der Waals surface area contributed by atoms with Crippen LogP contribution in [0.1, 0.15) is 71.2 Å². The van der Waals surface area contributed by atoms with Gasteiger partial charge < -0.3 is 19.3 Å². The molecule has 1 N–H and O–H groups in total. The maximum atomic E-state index is 13.3. The summed E-state index contributed by atoms with van der Waals surface area (Å²) in [5.74, 6) is -5.54.